The van der Waals surface area contributed by atoms with Gasteiger partial charge in [0.2, 0.25) is 0 Å². The van der Waals surface area contributed by atoms with Gasteiger partial charge in [0.25, 0.3) is 0 Å². The van der Waals surface area contributed by atoms with Crippen LogP contribution in [0.2, 0.25) is 0 Å². The molecular weight excluding hydrogens is 252 g/mol. The lowest BCUT2D eigenvalue weighted by Gasteiger charge is -2.22. The van der Waals surface area contributed by atoms with E-state index >= 15 is 0 Å². The summed E-state index contributed by atoms with van der Waals surface area (Å²) in [7, 11) is 0. The topological polar surface area (TPSA) is 78.4 Å². The van der Waals surface area contributed by atoms with Crippen LogP contribution in [0, 0.1) is 5.92 Å². The van der Waals surface area contributed by atoms with Gasteiger partial charge in [0, 0.05) is 12.6 Å². The number of carboxylic acid groups (broad SMARTS) is 1. The number of aliphatic carboxylic acids is 1. The van der Waals surface area contributed by atoms with Crippen molar-refractivity contribution in [2.24, 2.45) is 5.92 Å². The van der Waals surface area contributed by atoms with Gasteiger partial charge in [-0.15, -0.1) is 0 Å². The van der Waals surface area contributed by atoms with Crippen LogP contribution in [0.15, 0.2) is 0 Å². The van der Waals surface area contributed by atoms with Gasteiger partial charge >= 0.3 is 12.0 Å². The molecule has 1 aliphatic rings. The Morgan fingerprint density at radius 2 is 2.06 bits per heavy atom. The van der Waals surface area contributed by atoms with E-state index in [2.05, 4.69) is 10.6 Å². The maximum atomic E-state index is 11.6. The second kappa shape index (κ2) is 8.24. The van der Waals surface area contributed by atoms with Crippen LogP contribution in [0.4, 0.5) is 4.79 Å². The molecule has 6 heteroatoms. The van der Waals surface area contributed by atoms with Crippen molar-refractivity contribution in [3.8, 4) is 0 Å². The van der Waals surface area contributed by atoms with Crippen LogP contribution in [-0.4, -0.2) is 41.2 Å². The molecule has 1 atom stereocenters. The van der Waals surface area contributed by atoms with E-state index < -0.39 is 5.97 Å². The first-order valence-electron chi connectivity index (χ1n) is 6.45. The minimum atomic E-state index is -0.883. The number of hydrogen-bond acceptors (Lipinski definition) is 3. The van der Waals surface area contributed by atoms with E-state index in [0.717, 1.165) is 12.8 Å². The standard InChI is InChI=1S/C12H22N2O3S/c1-2-10(7-11(15)16)14-12(17)13-8-9-3-5-18-6-4-9/h9-10H,2-8H2,1H3,(H,15,16)(H2,13,14,17). The molecule has 0 radical (unpaired) electrons. The van der Waals surface area contributed by atoms with E-state index in [1.54, 1.807) is 0 Å². The molecule has 3 N–H and O–H groups in total. The number of carbonyl (C=O) groups excluding carboxylic acids is 1. The zero-order chi connectivity index (χ0) is 13.4. The molecule has 1 fully saturated rings. The predicted octanol–water partition coefficient (Wildman–Crippen LogP) is 1.68. The molecule has 1 unspecified atom stereocenters. The SMILES string of the molecule is CCC(CC(=O)O)NC(=O)NCC1CCSCC1. The van der Waals surface area contributed by atoms with Gasteiger partial charge in [0.1, 0.15) is 0 Å². The van der Waals surface area contributed by atoms with Crippen LogP contribution in [0.25, 0.3) is 0 Å². The molecule has 1 rings (SSSR count). The van der Waals surface area contributed by atoms with Crippen molar-refractivity contribution >= 4 is 23.8 Å². The maximum absolute atomic E-state index is 11.6. The normalized spacial score (nSPS) is 18.1. The van der Waals surface area contributed by atoms with E-state index in [1.165, 1.54) is 11.5 Å². The van der Waals surface area contributed by atoms with E-state index in [0.29, 0.717) is 18.9 Å². The van der Waals surface area contributed by atoms with E-state index in [-0.39, 0.29) is 18.5 Å². The predicted molar refractivity (Wildman–Crippen MR) is 72.9 cm³/mol. The van der Waals surface area contributed by atoms with Gasteiger partial charge in [-0.3, -0.25) is 4.79 Å². The zero-order valence-electron chi connectivity index (χ0n) is 10.8. The summed E-state index contributed by atoms with van der Waals surface area (Å²) in [5.74, 6) is 2.03. The molecule has 1 heterocycles. The molecular formula is C12H22N2O3S. The highest BCUT2D eigenvalue weighted by atomic mass is 32.2. The zero-order valence-corrected chi connectivity index (χ0v) is 11.6. The molecule has 5 nitrogen and oxygen atoms in total. The average molecular weight is 274 g/mol. The number of hydrogen-bond donors (Lipinski definition) is 3. The average Bonchev–Trinajstić information content (AvgIpc) is 2.36. The number of amides is 2. The van der Waals surface area contributed by atoms with Crippen LogP contribution < -0.4 is 10.6 Å². The lowest BCUT2D eigenvalue weighted by atomic mass is 10.0. The third kappa shape index (κ3) is 6.14. The van der Waals surface area contributed by atoms with Gasteiger partial charge in [-0.2, -0.15) is 11.8 Å². The highest BCUT2D eigenvalue weighted by Gasteiger charge is 2.17. The molecule has 0 aromatic heterocycles. The summed E-state index contributed by atoms with van der Waals surface area (Å²) >= 11 is 1.96. The largest absolute Gasteiger partial charge is 0.481 e. The highest BCUT2D eigenvalue weighted by Crippen LogP contribution is 2.21. The molecule has 0 aromatic carbocycles. The summed E-state index contributed by atoms with van der Waals surface area (Å²) in [4.78, 5) is 22.2. The van der Waals surface area contributed by atoms with E-state index in [1.807, 2.05) is 18.7 Å². The van der Waals surface area contributed by atoms with Crippen molar-refractivity contribution < 1.29 is 14.7 Å². The highest BCUT2D eigenvalue weighted by molar-refractivity contribution is 7.99. The molecule has 0 spiro atoms. The van der Waals surface area contributed by atoms with Crippen LogP contribution in [0.5, 0.6) is 0 Å². The lowest BCUT2D eigenvalue weighted by Crippen LogP contribution is -2.44. The molecule has 18 heavy (non-hydrogen) atoms. The minimum absolute atomic E-state index is 0.0238. The van der Waals surface area contributed by atoms with E-state index in [9.17, 15) is 9.59 Å². The van der Waals surface area contributed by atoms with Gasteiger partial charge in [-0.25, -0.2) is 4.79 Å². The van der Waals surface area contributed by atoms with Crippen molar-refractivity contribution in [1.29, 1.82) is 0 Å². The Morgan fingerprint density at radius 3 is 2.61 bits per heavy atom. The Labute approximate surface area is 112 Å². The Morgan fingerprint density at radius 1 is 1.39 bits per heavy atom. The summed E-state index contributed by atoms with van der Waals surface area (Å²) in [6, 6.07) is -0.536. The minimum Gasteiger partial charge on any atom is -0.481 e. The van der Waals surface area contributed by atoms with Crippen molar-refractivity contribution in [2.45, 2.75) is 38.6 Å². The molecule has 1 aliphatic heterocycles. The first-order chi connectivity index (χ1) is 8.61. The van der Waals surface area contributed by atoms with E-state index in [4.69, 9.17) is 5.11 Å². The second-order valence-corrected chi connectivity index (χ2v) is 5.84. The molecule has 0 bridgehead atoms. The third-order valence-electron chi connectivity index (χ3n) is 3.14. The van der Waals surface area contributed by atoms with Crippen molar-refractivity contribution in [3.05, 3.63) is 0 Å². The summed E-state index contributed by atoms with van der Waals surface area (Å²) in [5.41, 5.74) is 0. The van der Waals surface area contributed by atoms with Gasteiger partial charge in [-0.05, 0) is 36.7 Å². The number of urea groups is 1. The fourth-order valence-electron chi connectivity index (χ4n) is 1.93. The van der Waals surface area contributed by atoms with Gasteiger partial charge < -0.3 is 15.7 Å². The first-order valence-corrected chi connectivity index (χ1v) is 7.61. The summed E-state index contributed by atoms with van der Waals surface area (Å²) in [6.07, 6.45) is 2.90. The number of thioether (sulfide) groups is 1. The van der Waals surface area contributed by atoms with Crippen LogP contribution in [0.1, 0.15) is 32.6 Å². The summed E-state index contributed by atoms with van der Waals surface area (Å²) < 4.78 is 0. The Bertz CT molecular complexity index is 280. The fourth-order valence-corrected chi connectivity index (χ4v) is 3.14. The third-order valence-corrected chi connectivity index (χ3v) is 4.19. The van der Waals surface area contributed by atoms with Crippen molar-refractivity contribution in [1.82, 2.24) is 10.6 Å². The van der Waals surface area contributed by atoms with Crippen molar-refractivity contribution in [3.63, 3.8) is 0 Å². The smallest absolute Gasteiger partial charge is 0.315 e. The Kier molecular flexibility index (Phi) is 6.93. The number of rotatable bonds is 6. The molecule has 1 saturated heterocycles. The number of carbonyl (C=O) groups is 2. The molecule has 0 aromatic rings. The quantitative estimate of drug-likeness (QED) is 0.688. The number of carboxylic acids is 1. The Hall–Kier alpha value is -0.910. The van der Waals surface area contributed by atoms with Gasteiger partial charge in [-0.1, -0.05) is 6.92 Å². The first kappa shape index (κ1) is 15.1. The second-order valence-electron chi connectivity index (χ2n) is 4.61. The number of nitrogens with one attached hydrogen (secondary N) is 2. The van der Waals surface area contributed by atoms with Gasteiger partial charge in [0.15, 0.2) is 0 Å². The van der Waals surface area contributed by atoms with Crippen LogP contribution in [-0.2, 0) is 4.79 Å². The maximum Gasteiger partial charge on any atom is 0.315 e. The lowest BCUT2D eigenvalue weighted by molar-refractivity contribution is -0.137. The summed E-state index contributed by atoms with van der Waals surface area (Å²) in [5, 5.41) is 14.2. The van der Waals surface area contributed by atoms with Crippen LogP contribution in [0.3, 0.4) is 0 Å². The summed E-state index contributed by atoms with van der Waals surface area (Å²) in [6.45, 7) is 2.56. The molecule has 2 amide bonds. The molecule has 0 aliphatic carbocycles. The van der Waals surface area contributed by atoms with Gasteiger partial charge in [0.05, 0.1) is 6.42 Å². The monoisotopic (exact) mass is 274 g/mol. The Balaban J connectivity index is 2.20. The van der Waals surface area contributed by atoms with Crippen molar-refractivity contribution in [2.75, 3.05) is 18.1 Å². The molecule has 104 valence electrons. The van der Waals surface area contributed by atoms with Crippen LogP contribution >= 0.6 is 11.8 Å². The molecule has 0 saturated carbocycles. The fraction of sp³-hybridized carbons (Fsp3) is 0.833.